The third-order valence-corrected chi connectivity index (χ3v) is 5.52. The molecule has 5 nitrogen and oxygen atoms in total. The predicted octanol–water partition coefficient (Wildman–Crippen LogP) is 4.55. The summed E-state index contributed by atoms with van der Waals surface area (Å²) in [4.78, 5) is 27.1. The number of carbonyl (C=O) groups is 2. The molecule has 0 aromatic heterocycles. The van der Waals surface area contributed by atoms with Crippen LogP contribution in [0.15, 0.2) is 30.3 Å². The molecule has 148 valence electrons. The van der Waals surface area contributed by atoms with E-state index in [1.54, 1.807) is 4.90 Å². The van der Waals surface area contributed by atoms with E-state index in [-0.39, 0.29) is 12.6 Å². The highest BCUT2D eigenvalue weighted by Gasteiger charge is 2.45. The van der Waals surface area contributed by atoms with Crippen molar-refractivity contribution in [2.24, 2.45) is 11.8 Å². The van der Waals surface area contributed by atoms with E-state index in [4.69, 9.17) is 9.47 Å². The molecule has 1 aromatic carbocycles. The lowest BCUT2D eigenvalue weighted by atomic mass is 9.89. The van der Waals surface area contributed by atoms with E-state index in [2.05, 4.69) is 0 Å². The van der Waals surface area contributed by atoms with E-state index in [0.717, 1.165) is 5.56 Å². The predicted molar refractivity (Wildman–Crippen MR) is 103 cm³/mol. The molecule has 3 rings (SSSR count). The van der Waals surface area contributed by atoms with Crippen LogP contribution in [0.3, 0.4) is 0 Å². The summed E-state index contributed by atoms with van der Waals surface area (Å²) in [6, 6.07) is 9.07. The lowest BCUT2D eigenvalue weighted by molar-refractivity contribution is -0.150. The van der Waals surface area contributed by atoms with Gasteiger partial charge in [-0.25, -0.2) is 9.59 Å². The number of esters is 1. The van der Waals surface area contributed by atoms with Crippen LogP contribution in [-0.2, 0) is 20.9 Å². The molecule has 2 aliphatic rings. The third-order valence-electron chi connectivity index (χ3n) is 5.52. The monoisotopic (exact) mass is 373 g/mol. The summed E-state index contributed by atoms with van der Waals surface area (Å²) in [6.45, 7) is 6.35. The average molecular weight is 373 g/mol. The number of nitrogens with zero attached hydrogens (tertiary/aromatic N) is 1. The fraction of sp³-hybridized carbons (Fsp3) is 0.636. The molecule has 0 bridgehead atoms. The van der Waals surface area contributed by atoms with Gasteiger partial charge in [-0.1, -0.05) is 56.0 Å². The SMILES string of the molecule is CC(C)(C)OC(=O)N1CC(C2CCCC2)C[C@H]1C(=O)OCc1ccccc1. The summed E-state index contributed by atoms with van der Waals surface area (Å²) < 4.78 is 11.1. The molecule has 1 aliphatic carbocycles. The second-order valence-corrected chi connectivity index (χ2v) is 8.78. The highest BCUT2D eigenvalue weighted by atomic mass is 16.6. The van der Waals surface area contributed by atoms with Gasteiger partial charge in [0.2, 0.25) is 0 Å². The first-order valence-electron chi connectivity index (χ1n) is 10.0. The number of likely N-dealkylation sites (tertiary alicyclic amines) is 1. The Balaban J connectivity index is 1.67. The van der Waals surface area contributed by atoms with E-state index >= 15 is 0 Å². The quantitative estimate of drug-likeness (QED) is 0.727. The standard InChI is InChI=1S/C22H31NO4/c1-22(2,3)27-21(25)23-14-18(17-11-7-8-12-17)13-19(23)20(24)26-15-16-9-5-4-6-10-16/h4-6,9-10,17-19H,7-8,11-15H2,1-3H3/t18?,19-/m0/s1. The molecular weight excluding hydrogens is 342 g/mol. The Morgan fingerprint density at radius 1 is 1.07 bits per heavy atom. The second kappa shape index (κ2) is 8.32. The first-order valence-corrected chi connectivity index (χ1v) is 10.0. The van der Waals surface area contributed by atoms with Crippen LogP contribution in [0.1, 0.15) is 58.4 Å². The number of hydrogen-bond acceptors (Lipinski definition) is 4. The van der Waals surface area contributed by atoms with Crippen molar-refractivity contribution in [1.82, 2.24) is 4.90 Å². The number of amides is 1. The van der Waals surface area contributed by atoms with E-state index in [1.165, 1.54) is 25.7 Å². The molecule has 1 heterocycles. The molecule has 0 radical (unpaired) electrons. The molecule has 0 N–H and O–H groups in total. The second-order valence-electron chi connectivity index (χ2n) is 8.78. The number of rotatable bonds is 4. The zero-order valence-electron chi connectivity index (χ0n) is 16.6. The molecule has 1 saturated carbocycles. The topological polar surface area (TPSA) is 55.8 Å². The van der Waals surface area contributed by atoms with Gasteiger partial charge in [0.1, 0.15) is 18.2 Å². The molecular formula is C22H31NO4. The van der Waals surface area contributed by atoms with Crippen molar-refractivity contribution in [3.05, 3.63) is 35.9 Å². The molecule has 1 amide bonds. The Morgan fingerprint density at radius 2 is 1.74 bits per heavy atom. The largest absolute Gasteiger partial charge is 0.459 e. The molecule has 1 aliphatic heterocycles. The van der Waals surface area contributed by atoms with Gasteiger partial charge in [0.15, 0.2) is 0 Å². The Bertz CT molecular complexity index is 646. The molecule has 0 spiro atoms. The van der Waals surface area contributed by atoms with Gasteiger partial charge in [0.05, 0.1) is 0 Å². The minimum absolute atomic E-state index is 0.229. The zero-order valence-corrected chi connectivity index (χ0v) is 16.6. The summed E-state index contributed by atoms with van der Waals surface area (Å²) in [5.41, 5.74) is 0.362. The molecule has 27 heavy (non-hydrogen) atoms. The van der Waals surface area contributed by atoms with Gasteiger partial charge >= 0.3 is 12.1 Å². The van der Waals surface area contributed by atoms with Crippen molar-refractivity contribution < 1.29 is 19.1 Å². The fourth-order valence-corrected chi connectivity index (χ4v) is 4.21. The number of carbonyl (C=O) groups excluding carboxylic acids is 2. The van der Waals surface area contributed by atoms with Gasteiger partial charge in [0, 0.05) is 6.54 Å². The highest BCUT2D eigenvalue weighted by molar-refractivity contribution is 5.82. The fourth-order valence-electron chi connectivity index (χ4n) is 4.21. The minimum Gasteiger partial charge on any atom is -0.459 e. The first-order chi connectivity index (χ1) is 12.8. The van der Waals surface area contributed by atoms with Crippen molar-refractivity contribution in [3.63, 3.8) is 0 Å². The van der Waals surface area contributed by atoms with Crippen LogP contribution in [0.4, 0.5) is 4.79 Å². The lowest BCUT2D eigenvalue weighted by Crippen LogP contribution is -2.44. The normalized spacial score (nSPS) is 23.4. The van der Waals surface area contributed by atoms with E-state index in [9.17, 15) is 9.59 Å². The zero-order chi connectivity index (χ0) is 19.4. The summed E-state index contributed by atoms with van der Waals surface area (Å²) in [6.07, 6.45) is 5.15. The number of benzene rings is 1. The highest BCUT2D eigenvalue weighted by Crippen LogP contribution is 2.39. The van der Waals surface area contributed by atoms with Gasteiger partial charge in [-0.2, -0.15) is 0 Å². The van der Waals surface area contributed by atoms with Crippen LogP contribution < -0.4 is 0 Å². The van der Waals surface area contributed by atoms with Crippen LogP contribution >= 0.6 is 0 Å². The molecule has 5 heteroatoms. The maximum absolute atomic E-state index is 12.8. The van der Waals surface area contributed by atoms with Crippen LogP contribution in [0.2, 0.25) is 0 Å². The Labute approximate surface area is 162 Å². The van der Waals surface area contributed by atoms with Gasteiger partial charge in [-0.05, 0) is 44.6 Å². The van der Waals surface area contributed by atoms with Crippen molar-refractivity contribution in [3.8, 4) is 0 Å². The van der Waals surface area contributed by atoms with Crippen LogP contribution in [0, 0.1) is 11.8 Å². The number of hydrogen-bond donors (Lipinski definition) is 0. The van der Waals surface area contributed by atoms with Crippen LogP contribution in [-0.4, -0.2) is 35.2 Å². The molecule has 1 unspecified atom stereocenters. The van der Waals surface area contributed by atoms with E-state index in [0.29, 0.717) is 24.8 Å². The Hall–Kier alpha value is -2.04. The summed E-state index contributed by atoms with van der Waals surface area (Å²) in [5.74, 6) is 0.626. The maximum atomic E-state index is 12.8. The van der Waals surface area contributed by atoms with Crippen LogP contribution in [0.5, 0.6) is 0 Å². The van der Waals surface area contributed by atoms with Gasteiger partial charge in [-0.3, -0.25) is 4.90 Å². The molecule has 1 aromatic rings. The smallest absolute Gasteiger partial charge is 0.411 e. The molecule has 2 atom stereocenters. The third kappa shape index (κ3) is 5.24. The van der Waals surface area contributed by atoms with Crippen molar-refractivity contribution >= 4 is 12.1 Å². The van der Waals surface area contributed by atoms with E-state index in [1.807, 2.05) is 51.1 Å². The molecule has 1 saturated heterocycles. The Kier molecular flexibility index (Phi) is 6.08. The minimum atomic E-state index is -0.582. The van der Waals surface area contributed by atoms with Crippen LogP contribution in [0.25, 0.3) is 0 Å². The van der Waals surface area contributed by atoms with E-state index < -0.39 is 17.7 Å². The van der Waals surface area contributed by atoms with Crippen molar-refractivity contribution in [2.45, 2.75) is 71.1 Å². The summed E-state index contributed by atoms with van der Waals surface area (Å²) in [5, 5.41) is 0. The molecule has 2 fully saturated rings. The van der Waals surface area contributed by atoms with Crippen molar-refractivity contribution in [1.29, 1.82) is 0 Å². The van der Waals surface area contributed by atoms with Gasteiger partial charge in [-0.15, -0.1) is 0 Å². The average Bonchev–Trinajstić information content (AvgIpc) is 3.28. The van der Waals surface area contributed by atoms with Crippen molar-refractivity contribution in [2.75, 3.05) is 6.54 Å². The van der Waals surface area contributed by atoms with Gasteiger partial charge in [0.25, 0.3) is 0 Å². The van der Waals surface area contributed by atoms with Gasteiger partial charge < -0.3 is 9.47 Å². The maximum Gasteiger partial charge on any atom is 0.411 e. The number of ether oxygens (including phenoxy) is 2. The first kappa shape index (κ1) is 19.7. The summed E-state index contributed by atoms with van der Waals surface area (Å²) >= 11 is 0. The summed E-state index contributed by atoms with van der Waals surface area (Å²) in [7, 11) is 0. The lowest BCUT2D eigenvalue weighted by Gasteiger charge is -2.27. The Morgan fingerprint density at radius 3 is 2.37 bits per heavy atom.